The van der Waals surface area contributed by atoms with E-state index in [1.54, 1.807) is 18.2 Å². The Morgan fingerprint density at radius 2 is 1.54 bits per heavy atom. The first-order chi connectivity index (χ1) is 11.7. The van der Waals surface area contributed by atoms with Gasteiger partial charge >= 0.3 is 5.97 Å². The van der Waals surface area contributed by atoms with Crippen molar-refractivity contribution in [1.29, 1.82) is 0 Å². The van der Waals surface area contributed by atoms with E-state index in [4.69, 9.17) is 4.74 Å². The van der Waals surface area contributed by atoms with E-state index in [0.717, 1.165) is 15.7 Å². The maximum Gasteiger partial charge on any atom is 0.339 e. The predicted octanol–water partition coefficient (Wildman–Crippen LogP) is 4.60. The van der Waals surface area contributed by atoms with Crippen LogP contribution in [-0.2, 0) is 4.74 Å². The van der Waals surface area contributed by atoms with Crippen LogP contribution >= 0.6 is 11.8 Å². The van der Waals surface area contributed by atoms with Crippen LogP contribution in [0.5, 0.6) is 0 Å². The molecule has 0 saturated carbocycles. The van der Waals surface area contributed by atoms with Crippen LogP contribution in [0.15, 0.2) is 71.6 Å². The monoisotopic (exact) mass is 336 g/mol. The Hall–Kier alpha value is -2.59. The molecule has 0 atom stereocenters. The van der Waals surface area contributed by atoms with Crippen molar-refractivity contribution in [3.63, 3.8) is 0 Å². The molecule has 0 fully saturated rings. The van der Waals surface area contributed by atoms with Crippen molar-refractivity contribution in [2.45, 2.75) is 4.90 Å². The molecule has 4 heteroatoms. The van der Waals surface area contributed by atoms with Crippen molar-refractivity contribution < 1.29 is 14.3 Å². The molecule has 0 aliphatic heterocycles. The van der Waals surface area contributed by atoms with Gasteiger partial charge in [0.15, 0.2) is 6.61 Å². The number of thioether (sulfide) groups is 1. The van der Waals surface area contributed by atoms with E-state index in [2.05, 4.69) is 0 Å². The number of hydrogen-bond donors (Lipinski definition) is 0. The molecule has 3 aromatic rings. The third kappa shape index (κ3) is 3.34. The molecule has 24 heavy (non-hydrogen) atoms. The molecule has 0 aromatic heterocycles. The second-order valence-electron chi connectivity index (χ2n) is 5.23. The fourth-order valence-corrected chi connectivity index (χ4v) is 3.15. The topological polar surface area (TPSA) is 43.4 Å². The van der Waals surface area contributed by atoms with Crippen LogP contribution in [0.2, 0.25) is 0 Å². The maximum atomic E-state index is 12.5. The van der Waals surface area contributed by atoms with Crippen molar-refractivity contribution >= 4 is 34.3 Å². The van der Waals surface area contributed by atoms with E-state index in [-0.39, 0.29) is 12.4 Å². The van der Waals surface area contributed by atoms with Gasteiger partial charge in [-0.15, -0.1) is 11.8 Å². The van der Waals surface area contributed by atoms with Gasteiger partial charge in [-0.05, 0) is 29.2 Å². The lowest BCUT2D eigenvalue weighted by atomic mass is 10.0. The van der Waals surface area contributed by atoms with Gasteiger partial charge in [0.2, 0.25) is 5.78 Å². The number of benzene rings is 3. The fourth-order valence-electron chi connectivity index (χ4n) is 2.57. The molecule has 3 aromatic carbocycles. The Bertz CT molecular complexity index is 897. The van der Waals surface area contributed by atoms with Gasteiger partial charge < -0.3 is 4.74 Å². The standard InChI is InChI=1S/C20H16O3S/c1-24-19-12-5-4-10-17(19)20(22)23-13-18(21)16-11-6-8-14-7-2-3-9-15(14)16/h2-12H,13H2,1H3. The summed E-state index contributed by atoms with van der Waals surface area (Å²) in [6, 6.07) is 20.4. The Balaban J connectivity index is 1.77. The number of ketones is 1. The summed E-state index contributed by atoms with van der Waals surface area (Å²) in [5.41, 5.74) is 1.05. The highest BCUT2D eigenvalue weighted by molar-refractivity contribution is 7.98. The normalized spacial score (nSPS) is 10.5. The molecule has 0 aliphatic carbocycles. The number of esters is 1. The Morgan fingerprint density at radius 3 is 2.38 bits per heavy atom. The van der Waals surface area contributed by atoms with Crippen LogP contribution < -0.4 is 0 Å². The first-order valence-electron chi connectivity index (χ1n) is 7.52. The molecule has 0 unspecified atom stereocenters. The number of Topliss-reactive ketones (excluding diaryl/α,β-unsaturated/α-hetero) is 1. The Labute approximate surface area is 144 Å². The molecule has 0 saturated heterocycles. The summed E-state index contributed by atoms with van der Waals surface area (Å²) in [5.74, 6) is -0.685. The van der Waals surface area contributed by atoms with Crippen molar-refractivity contribution in [3.05, 3.63) is 77.9 Å². The highest BCUT2D eigenvalue weighted by Gasteiger charge is 2.16. The summed E-state index contributed by atoms with van der Waals surface area (Å²) >= 11 is 1.47. The van der Waals surface area contributed by atoms with Crippen LogP contribution in [0.25, 0.3) is 10.8 Å². The lowest BCUT2D eigenvalue weighted by Crippen LogP contribution is -2.15. The summed E-state index contributed by atoms with van der Waals surface area (Å²) in [7, 11) is 0. The highest BCUT2D eigenvalue weighted by Crippen LogP contribution is 2.21. The molecular formula is C20H16O3S. The summed E-state index contributed by atoms with van der Waals surface area (Å²) in [4.78, 5) is 25.5. The number of fused-ring (bicyclic) bond motifs is 1. The molecule has 0 amide bonds. The van der Waals surface area contributed by atoms with Crippen molar-refractivity contribution in [3.8, 4) is 0 Å². The second kappa shape index (κ2) is 7.32. The van der Waals surface area contributed by atoms with Gasteiger partial charge in [0, 0.05) is 10.5 Å². The maximum absolute atomic E-state index is 12.5. The largest absolute Gasteiger partial charge is 0.454 e. The SMILES string of the molecule is CSc1ccccc1C(=O)OCC(=O)c1cccc2ccccc12. The average Bonchev–Trinajstić information content (AvgIpc) is 2.65. The van der Waals surface area contributed by atoms with Gasteiger partial charge in [-0.25, -0.2) is 4.79 Å². The quantitative estimate of drug-likeness (QED) is 0.388. The number of ether oxygens (including phenoxy) is 1. The zero-order chi connectivity index (χ0) is 16.9. The van der Waals surface area contributed by atoms with E-state index >= 15 is 0 Å². The van der Waals surface area contributed by atoms with Gasteiger partial charge in [0.05, 0.1) is 5.56 Å². The van der Waals surface area contributed by atoms with Crippen molar-refractivity contribution in [2.24, 2.45) is 0 Å². The van der Waals surface area contributed by atoms with E-state index in [9.17, 15) is 9.59 Å². The summed E-state index contributed by atoms with van der Waals surface area (Å²) in [6.07, 6.45) is 1.90. The van der Waals surface area contributed by atoms with Gasteiger partial charge in [0.1, 0.15) is 0 Å². The molecule has 0 heterocycles. The van der Waals surface area contributed by atoms with Crippen LogP contribution in [0.4, 0.5) is 0 Å². The van der Waals surface area contributed by atoms with Crippen LogP contribution in [-0.4, -0.2) is 24.6 Å². The summed E-state index contributed by atoms with van der Waals surface area (Å²) < 4.78 is 5.23. The van der Waals surface area contributed by atoms with Crippen molar-refractivity contribution in [1.82, 2.24) is 0 Å². The third-order valence-electron chi connectivity index (χ3n) is 3.75. The Kier molecular flexibility index (Phi) is 4.96. The van der Waals surface area contributed by atoms with E-state index in [1.165, 1.54) is 11.8 Å². The zero-order valence-corrected chi connectivity index (χ0v) is 14.0. The van der Waals surface area contributed by atoms with Gasteiger partial charge in [-0.3, -0.25) is 4.79 Å². The predicted molar refractivity (Wildman–Crippen MR) is 96.8 cm³/mol. The lowest BCUT2D eigenvalue weighted by Gasteiger charge is -2.09. The average molecular weight is 336 g/mol. The molecule has 3 nitrogen and oxygen atoms in total. The highest BCUT2D eigenvalue weighted by atomic mass is 32.2. The third-order valence-corrected chi connectivity index (χ3v) is 4.55. The molecule has 0 spiro atoms. The number of hydrogen-bond acceptors (Lipinski definition) is 4. The zero-order valence-electron chi connectivity index (χ0n) is 13.2. The smallest absolute Gasteiger partial charge is 0.339 e. The molecular weight excluding hydrogens is 320 g/mol. The minimum atomic E-state index is -0.478. The van der Waals surface area contributed by atoms with Crippen LogP contribution in [0, 0.1) is 0 Å². The molecule has 0 N–H and O–H groups in total. The van der Waals surface area contributed by atoms with E-state index in [1.807, 2.05) is 54.8 Å². The number of rotatable bonds is 5. The first-order valence-corrected chi connectivity index (χ1v) is 8.74. The van der Waals surface area contributed by atoms with Crippen LogP contribution in [0.1, 0.15) is 20.7 Å². The number of carbonyl (C=O) groups excluding carboxylic acids is 2. The molecule has 0 bridgehead atoms. The van der Waals surface area contributed by atoms with E-state index < -0.39 is 5.97 Å². The molecule has 0 aliphatic rings. The molecule has 0 radical (unpaired) electrons. The first kappa shape index (κ1) is 16.3. The minimum Gasteiger partial charge on any atom is -0.454 e. The number of carbonyl (C=O) groups is 2. The minimum absolute atomic E-state index is 0.207. The van der Waals surface area contributed by atoms with Crippen molar-refractivity contribution in [2.75, 3.05) is 12.9 Å². The summed E-state index contributed by atoms with van der Waals surface area (Å²) in [5, 5.41) is 1.85. The molecule has 120 valence electrons. The lowest BCUT2D eigenvalue weighted by molar-refractivity contribution is 0.0471. The van der Waals surface area contributed by atoms with Gasteiger partial charge in [-0.2, -0.15) is 0 Å². The molecule has 3 rings (SSSR count). The van der Waals surface area contributed by atoms with Gasteiger partial charge in [-0.1, -0.05) is 54.6 Å². The Morgan fingerprint density at radius 1 is 0.875 bits per heavy atom. The van der Waals surface area contributed by atoms with Gasteiger partial charge in [0.25, 0.3) is 0 Å². The second-order valence-corrected chi connectivity index (χ2v) is 6.07. The van der Waals surface area contributed by atoms with Crippen LogP contribution in [0.3, 0.4) is 0 Å². The fraction of sp³-hybridized carbons (Fsp3) is 0.100. The van der Waals surface area contributed by atoms with E-state index in [0.29, 0.717) is 11.1 Å². The summed E-state index contributed by atoms with van der Waals surface area (Å²) in [6.45, 7) is -0.268.